The molecule has 0 aromatic carbocycles. The molecule has 1 aromatic heterocycles. The first-order chi connectivity index (χ1) is 9.76. The maximum absolute atomic E-state index is 12.6. The Labute approximate surface area is 127 Å². The van der Waals surface area contributed by atoms with Gasteiger partial charge in [0.15, 0.2) is 0 Å². The van der Waals surface area contributed by atoms with E-state index in [9.17, 15) is 13.2 Å². The molecule has 7 heteroatoms. The van der Waals surface area contributed by atoms with Crippen LogP contribution in [0.15, 0.2) is 12.3 Å². The molecule has 3 nitrogen and oxygen atoms in total. The summed E-state index contributed by atoms with van der Waals surface area (Å²) in [6, 6.07) is 0.895. The fourth-order valence-electron chi connectivity index (χ4n) is 2.63. The van der Waals surface area contributed by atoms with Crippen LogP contribution in [0, 0.1) is 5.92 Å². The van der Waals surface area contributed by atoms with Crippen molar-refractivity contribution in [1.82, 2.24) is 4.98 Å². The highest BCUT2D eigenvalue weighted by atomic mass is 35.5. The lowest BCUT2D eigenvalue weighted by Gasteiger charge is -2.40. The lowest BCUT2D eigenvalue weighted by Crippen LogP contribution is -2.48. The molecule has 1 aliphatic carbocycles. The third kappa shape index (κ3) is 3.80. The number of nitrogens with one attached hydrogen (secondary N) is 1. The fraction of sp³-hybridized carbons (Fsp3) is 0.643. The Balaban J connectivity index is 2.19. The van der Waals surface area contributed by atoms with Crippen molar-refractivity contribution in [3.05, 3.63) is 22.8 Å². The van der Waals surface area contributed by atoms with Gasteiger partial charge in [-0.15, -0.1) is 0 Å². The van der Waals surface area contributed by atoms with Gasteiger partial charge in [0.25, 0.3) is 0 Å². The van der Waals surface area contributed by atoms with Gasteiger partial charge in [-0.2, -0.15) is 13.2 Å². The Hall–Kier alpha value is -1.01. The molecular formula is C14H19ClF3N3. The van der Waals surface area contributed by atoms with Crippen molar-refractivity contribution in [3.8, 4) is 0 Å². The van der Waals surface area contributed by atoms with Gasteiger partial charge in [0, 0.05) is 12.7 Å². The summed E-state index contributed by atoms with van der Waals surface area (Å²) in [5, 5.41) is 3.14. The molecule has 118 valence electrons. The van der Waals surface area contributed by atoms with Crippen molar-refractivity contribution in [3.63, 3.8) is 0 Å². The smallest absolute Gasteiger partial charge is 0.362 e. The molecule has 1 saturated carbocycles. The second-order valence-electron chi connectivity index (χ2n) is 5.84. The topological polar surface area (TPSA) is 50.9 Å². The first kappa shape index (κ1) is 16.4. The molecule has 1 fully saturated rings. The molecule has 21 heavy (non-hydrogen) atoms. The molecule has 0 spiro atoms. The van der Waals surface area contributed by atoms with Gasteiger partial charge in [-0.1, -0.05) is 18.5 Å². The number of hydrogen-bond acceptors (Lipinski definition) is 3. The van der Waals surface area contributed by atoms with Crippen LogP contribution in [0.3, 0.4) is 0 Å². The number of nitrogens with two attached hydrogens (primary N) is 1. The van der Waals surface area contributed by atoms with Crippen molar-refractivity contribution in [1.29, 1.82) is 0 Å². The summed E-state index contributed by atoms with van der Waals surface area (Å²) in [4.78, 5) is 3.83. The van der Waals surface area contributed by atoms with Crippen molar-refractivity contribution in [2.24, 2.45) is 11.7 Å². The van der Waals surface area contributed by atoms with E-state index in [1.54, 1.807) is 0 Å². The lowest BCUT2D eigenvalue weighted by molar-refractivity contribution is -0.137. The fourth-order valence-corrected chi connectivity index (χ4v) is 2.84. The van der Waals surface area contributed by atoms with Gasteiger partial charge in [-0.25, -0.2) is 4.98 Å². The zero-order valence-electron chi connectivity index (χ0n) is 11.8. The standard InChI is InChI=1S/C14H19ClF3N3/c1-9-2-4-13(8-19,5-3-9)21-12-11(15)6-10(7-20-12)14(16,17)18/h6-7,9H,2-5,8,19H2,1H3,(H,20,21). The highest BCUT2D eigenvalue weighted by Gasteiger charge is 2.35. The minimum absolute atomic E-state index is 0.0312. The van der Waals surface area contributed by atoms with Gasteiger partial charge in [0.05, 0.1) is 16.1 Å². The van der Waals surface area contributed by atoms with E-state index in [1.165, 1.54) is 0 Å². The summed E-state index contributed by atoms with van der Waals surface area (Å²) >= 11 is 5.94. The van der Waals surface area contributed by atoms with Gasteiger partial charge in [-0.05, 0) is 37.7 Å². The van der Waals surface area contributed by atoms with Gasteiger partial charge in [-0.3, -0.25) is 0 Å². The summed E-state index contributed by atoms with van der Waals surface area (Å²) in [6.45, 7) is 2.59. The van der Waals surface area contributed by atoms with Crippen molar-refractivity contribution >= 4 is 17.4 Å². The minimum atomic E-state index is -4.44. The van der Waals surface area contributed by atoms with Gasteiger partial charge >= 0.3 is 6.18 Å². The summed E-state index contributed by atoms with van der Waals surface area (Å²) in [5.74, 6) is 0.909. The van der Waals surface area contributed by atoms with Crippen LogP contribution < -0.4 is 11.1 Å². The minimum Gasteiger partial charge on any atom is -0.362 e. The number of anilines is 1. The number of rotatable bonds is 3. The quantitative estimate of drug-likeness (QED) is 0.882. The molecule has 1 aliphatic rings. The summed E-state index contributed by atoms with van der Waals surface area (Å²) in [5.41, 5.74) is 4.69. The van der Waals surface area contributed by atoms with Crippen LogP contribution in [0.1, 0.15) is 38.2 Å². The first-order valence-corrected chi connectivity index (χ1v) is 7.34. The second-order valence-corrected chi connectivity index (χ2v) is 6.25. The van der Waals surface area contributed by atoms with Crippen LogP contribution in [0.2, 0.25) is 5.02 Å². The maximum atomic E-state index is 12.6. The van der Waals surface area contributed by atoms with Crippen molar-refractivity contribution in [2.75, 3.05) is 11.9 Å². The van der Waals surface area contributed by atoms with Crippen molar-refractivity contribution in [2.45, 2.75) is 44.3 Å². The largest absolute Gasteiger partial charge is 0.417 e. The van der Waals surface area contributed by atoms with E-state index in [1.807, 2.05) is 0 Å². The third-order valence-corrected chi connectivity index (χ3v) is 4.46. The maximum Gasteiger partial charge on any atom is 0.417 e. The van der Waals surface area contributed by atoms with E-state index in [2.05, 4.69) is 17.2 Å². The number of hydrogen-bond donors (Lipinski definition) is 2. The highest BCUT2D eigenvalue weighted by Crippen LogP contribution is 2.37. The predicted octanol–water partition coefficient (Wildman–Crippen LogP) is 4.07. The molecule has 0 atom stereocenters. The van der Waals surface area contributed by atoms with E-state index in [4.69, 9.17) is 17.3 Å². The van der Waals surface area contributed by atoms with Crippen LogP contribution >= 0.6 is 11.6 Å². The van der Waals surface area contributed by atoms with Crippen LogP contribution in [0.25, 0.3) is 0 Å². The van der Waals surface area contributed by atoms with E-state index < -0.39 is 11.7 Å². The summed E-state index contributed by atoms with van der Waals surface area (Å²) in [7, 11) is 0. The third-order valence-electron chi connectivity index (χ3n) is 4.17. The van der Waals surface area contributed by atoms with E-state index in [0.717, 1.165) is 37.9 Å². The van der Waals surface area contributed by atoms with Crippen LogP contribution in [0.4, 0.5) is 19.0 Å². The van der Waals surface area contributed by atoms with E-state index in [0.29, 0.717) is 12.5 Å². The SMILES string of the molecule is CC1CCC(CN)(Nc2ncc(C(F)(F)F)cc2Cl)CC1. The summed E-state index contributed by atoms with van der Waals surface area (Å²) in [6.07, 6.45) is 0.142. The first-order valence-electron chi connectivity index (χ1n) is 6.97. The molecule has 3 N–H and O–H groups in total. The normalized spacial score (nSPS) is 26.7. The Bertz CT molecular complexity index is 497. The Kier molecular flexibility index (Phi) is 4.68. The molecular weight excluding hydrogens is 303 g/mol. The molecule has 1 aromatic rings. The summed E-state index contributed by atoms with van der Waals surface area (Å²) < 4.78 is 37.8. The Morgan fingerprint density at radius 3 is 2.52 bits per heavy atom. The Morgan fingerprint density at radius 1 is 1.43 bits per heavy atom. The lowest BCUT2D eigenvalue weighted by atomic mass is 9.77. The van der Waals surface area contributed by atoms with Gasteiger partial charge < -0.3 is 11.1 Å². The highest BCUT2D eigenvalue weighted by molar-refractivity contribution is 6.33. The number of halogens is 4. The van der Waals surface area contributed by atoms with Crippen LogP contribution in [-0.2, 0) is 6.18 Å². The number of alkyl halides is 3. The van der Waals surface area contributed by atoms with Gasteiger partial charge in [0.1, 0.15) is 5.82 Å². The zero-order chi connectivity index (χ0) is 15.7. The molecule has 1 heterocycles. The van der Waals surface area contributed by atoms with E-state index >= 15 is 0 Å². The van der Waals surface area contributed by atoms with Crippen molar-refractivity contribution < 1.29 is 13.2 Å². The molecule has 0 radical (unpaired) electrons. The predicted molar refractivity (Wildman–Crippen MR) is 77.3 cm³/mol. The second kappa shape index (κ2) is 6.01. The molecule has 0 bridgehead atoms. The molecule has 0 unspecified atom stereocenters. The van der Waals surface area contributed by atoms with Gasteiger partial charge in [0.2, 0.25) is 0 Å². The average molecular weight is 322 g/mol. The number of pyridine rings is 1. The molecule has 0 saturated heterocycles. The molecule has 2 rings (SSSR count). The number of nitrogens with zero attached hydrogens (tertiary/aromatic N) is 1. The Morgan fingerprint density at radius 2 is 2.05 bits per heavy atom. The molecule has 0 aliphatic heterocycles. The van der Waals surface area contributed by atoms with Crippen LogP contribution in [0.5, 0.6) is 0 Å². The van der Waals surface area contributed by atoms with E-state index in [-0.39, 0.29) is 16.4 Å². The molecule has 0 amide bonds. The average Bonchev–Trinajstić information content (AvgIpc) is 2.43. The monoisotopic (exact) mass is 321 g/mol. The zero-order valence-corrected chi connectivity index (χ0v) is 12.6. The number of aromatic nitrogens is 1. The van der Waals surface area contributed by atoms with Crippen LogP contribution in [-0.4, -0.2) is 17.1 Å².